The van der Waals surface area contributed by atoms with Crippen LogP contribution in [-0.2, 0) is 49.6 Å². The van der Waals surface area contributed by atoms with Crippen molar-refractivity contribution in [3.8, 4) is 0 Å². The smallest absolute Gasteiger partial charge is 0.352 e. The Balaban J connectivity index is 2.37. The van der Waals surface area contributed by atoms with E-state index in [1.54, 1.807) is 6.07 Å². The number of aliphatic imine (C=N–C) groups is 1. The van der Waals surface area contributed by atoms with Gasteiger partial charge in [0.05, 0.1) is 24.8 Å². The fraction of sp³-hybridized carbons (Fsp3) is 0.604. The van der Waals surface area contributed by atoms with Crippen LogP contribution in [0.3, 0.4) is 0 Å². The van der Waals surface area contributed by atoms with E-state index >= 15 is 0 Å². The molecule has 442 valence electrons. The lowest BCUT2D eigenvalue weighted by atomic mass is 10.0. The van der Waals surface area contributed by atoms with Crippen LogP contribution in [0.5, 0.6) is 0 Å². The van der Waals surface area contributed by atoms with Crippen LogP contribution in [0, 0.1) is 0 Å². The molecule has 2 rings (SSSR count). The molecule has 1 fully saturated rings. The molecule has 1 aliphatic heterocycles. The minimum atomic E-state index is -1.84. The number of benzene rings is 1. The van der Waals surface area contributed by atoms with E-state index in [0.29, 0.717) is 44.2 Å². The lowest BCUT2D eigenvalue weighted by molar-refractivity contribution is -0.142. The predicted molar refractivity (Wildman–Crippen MR) is 287 cm³/mol. The molecule has 1 saturated heterocycles. The number of carboxylic acids is 1. The highest BCUT2D eigenvalue weighted by Crippen LogP contribution is 2.21. The van der Waals surface area contributed by atoms with E-state index in [4.69, 9.17) is 51.6 Å². The molecule has 0 aromatic heterocycles. The normalized spacial score (nSPS) is 16.3. The molecule has 9 amide bonds. The fourth-order valence-electron chi connectivity index (χ4n) is 8.11. The van der Waals surface area contributed by atoms with E-state index in [9.17, 15) is 63.3 Å². The van der Waals surface area contributed by atoms with Crippen molar-refractivity contribution in [2.24, 2.45) is 56.6 Å². The molecule has 0 aliphatic carbocycles. The standard InChI is InChI=1S/C48H82N18O13/c49-16-3-1-11-28(54)40(71)64-38(35(68)24-53)45(76)65-37(34(67)23-52)44(75)59-25-36(69)60-30(13-6-18-51)46(77)66-20-8-15-33(66)43(74)63-32(22-26-9-5-10-27(21-26)39(55)70)42(73)61-29(12-2-4-17-50)41(72)62-31(47(78)79)14-7-19-58-48(56)57/h5,9-10,14,21,28-30,32-35,37-38,67-68H,1-4,6-8,11-13,15-20,22-25,49-54H2,(H2,55,70)(H,59,75)(H,60,69)(H,61,73)(H,62,72)(H,63,74)(H,64,71)(H,65,76)(H,78,79)(H4,56,57,58)/b31-14-/t28-,29-,30+,32-,33-,34-,35-,37-,38-/m0/s1. The maximum Gasteiger partial charge on any atom is 0.352 e. The highest BCUT2D eigenvalue weighted by atomic mass is 16.4. The highest BCUT2D eigenvalue weighted by molar-refractivity contribution is 5.99. The number of aliphatic hydroxyl groups is 2. The molecule has 1 aromatic carbocycles. The highest BCUT2D eigenvalue weighted by Gasteiger charge is 2.40. The topological polar surface area (TPSA) is 565 Å². The van der Waals surface area contributed by atoms with E-state index in [2.05, 4.69) is 42.2 Å². The summed E-state index contributed by atoms with van der Waals surface area (Å²) in [5, 5.41) is 47.9. The number of aliphatic hydroxyl groups excluding tert-OH is 2. The second kappa shape index (κ2) is 35.9. The number of nitrogens with zero attached hydrogens (tertiary/aromatic N) is 2. The van der Waals surface area contributed by atoms with Gasteiger partial charge in [0.2, 0.25) is 53.2 Å². The number of nitrogens with one attached hydrogen (secondary N) is 7. The molecule has 0 spiro atoms. The van der Waals surface area contributed by atoms with Gasteiger partial charge in [-0.3, -0.25) is 48.1 Å². The first-order chi connectivity index (χ1) is 37.5. The Morgan fingerprint density at radius 2 is 1.30 bits per heavy atom. The van der Waals surface area contributed by atoms with Crippen molar-refractivity contribution in [2.75, 3.05) is 52.4 Å². The van der Waals surface area contributed by atoms with Crippen LogP contribution in [0.2, 0.25) is 0 Å². The molecule has 31 heteroatoms. The zero-order valence-corrected chi connectivity index (χ0v) is 44.2. The van der Waals surface area contributed by atoms with Crippen LogP contribution in [0.1, 0.15) is 86.6 Å². The van der Waals surface area contributed by atoms with Gasteiger partial charge in [0.15, 0.2) is 5.96 Å². The summed E-state index contributed by atoms with van der Waals surface area (Å²) in [6, 6.07) is -4.18. The van der Waals surface area contributed by atoms with Crippen LogP contribution < -0.4 is 88.8 Å². The van der Waals surface area contributed by atoms with Gasteiger partial charge in [-0.1, -0.05) is 24.6 Å². The second-order valence-corrected chi connectivity index (χ2v) is 18.6. The maximum absolute atomic E-state index is 14.3. The largest absolute Gasteiger partial charge is 0.477 e. The zero-order valence-electron chi connectivity index (χ0n) is 44.2. The minimum absolute atomic E-state index is 0.00746. The first-order valence-corrected chi connectivity index (χ1v) is 25.9. The van der Waals surface area contributed by atoms with E-state index < -0.39 is 139 Å². The fourth-order valence-corrected chi connectivity index (χ4v) is 8.11. The number of nitrogens with two attached hydrogens (primary N) is 9. The molecule has 0 bridgehead atoms. The molecule has 0 unspecified atom stereocenters. The summed E-state index contributed by atoms with van der Waals surface area (Å²) in [6.07, 6.45) is 0.0497. The lowest BCUT2D eigenvalue weighted by Crippen LogP contribution is -2.63. The van der Waals surface area contributed by atoms with Crippen molar-refractivity contribution >= 4 is 65.1 Å². The number of primary amides is 1. The molecule has 1 aromatic rings. The molecule has 0 radical (unpaired) electrons. The third-order valence-corrected chi connectivity index (χ3v) is 12.4. The molecule has 79 heavy (non-hydrogen) atoms. The van der Waals surface area contributed by atoms with Crippen molar-refractivity contribution in [1.29, 1.82) is 0 Å². The average molecular weight is 1120 g/mol. The van der Waals surface area contributed by atoms with Gasteiger partial charge in [0, 0.05) is 38.2 Å². The van der Waals surface area contributed by atoms with Crippen LogP contribution in [0.15, 0.2) is 41.0 Å². The van der Waals surface area contributed by atoms with Gasteiger partial charge >= 0.3 is 5.97 Å². The monoisotopic (exact) mass is 1120 g/mol. The van der Waals surface area contributed by atoms with Crippen LogP contribution in [0.4, 0.5) is 0 Å². The molecule has 1 aliphatic rings. The van der Waals surface area contributed by atoms with Gasteiger partial charge in [-0.15, -0.1) is 0 Å². The number of carbonyl (C=O) groups excluding carboxylic acids is 9. The molecular weight excluding hydrogens is 1040 g/mol. The minimum Gasteiger partial charge on any atom is -0.477 e. The number of hydrogen-bond acceptors (Lipinski definition) is 19. The van der Waals surface area contributed by atoms with Gasteiger partial charge in [-0.2, -0.15) is 0 Å². The summed E-state index contributed by atoms with van der Waals surface area (Å²) in [5.41, 5.74) is 50.2. The number of amides is 9. The number of aliphatic carboxylic acids is 1. The summed E-state index contributed by atoms with van der Waals surface area (Å²) in [4.78, 5) is 139. The van der Waals surface area contributed by atoms with Crippen molar-refractivity contribution in [3.05, 3.63) is 47.2 Å². The quantitative estimate of drug-likeness (QED) is 0.0127. The number of carboxylic acid groups (broad SMARTS) is 1. The van der Waals surface area contributed by atoms with E-state index in [1.807, 2.05) is 0 Å². The van der Waals surface area contributed by atoms with E-state index in [1.165, 1.54) is 29.2 Å². The summed E-state index contributed by atoms with van der Waals surface area (Å²) < 4.78 is 0. The van der Waals surface area contributed by atoms with Crippen LogP contribution >= 0.6 is 0 Å². The van der Waals surface area contributed by atoms with Gasteiger partial charge in [-0.05, 0) is 102 Å². The van der Waals surface area contributed by atoms with E-state index in [-0.39, 0.29) is 82.6 Å². The summed E-state index contributed by atoms with van der Waals surface area (Å²) in [6.45, 7) is -1.23. The van der Waals surface area contributed by atoms with Crippen LogP contribution in [-0.4, -0.2) is 192 Å². The number of unbranched alkanes of at least 4 members (excludes halogenated alkanes) is 2. The molecule has 9 atom stereocenters. The number of guanidine groups is 1. The van der Waals surface area contributed by atoms with Gasteiger partial charge in [0.25, 0.3) is 0 Å². The van der Waals surface area contributed by atoms with Crippen molar-refractivity contribution in [3.63, 3.8) is 0 Å². The Morgan fingerprint density at radius 1 is 0.696 bits per heavy atom. The molecule has 0 saturated carbocycles. The SMILES string of the molecule is NCCCC[C@H](NC(=O)[C@H](Cc1cccc(C(N)=O)c1)NC(=O)[C@@H]1CCCN1C(=O)[C@@H](CCCN)NC(=O)CNC(=O)[C@@H](NC(=O)[C@@H](NC(=O)[C@@H](N)CCCCN)[C@@H](O)CN)[C@@H](O)CN)C(=O)N/C(=C\CCN=C(N)N)C(=O)O. The Kier molecular flexibility index (Phi) is 30.8. The Hall–Kier alpha value is -7.39. The third kappa shape index (κ3) is 23.6. The lowest BCUT2D eigenvalue weighted by Gasteiger charge is -2.30. The third-order valence-electron chi connectivity index (χ3n) is 12.4. The van der Waals surface area contributed by atoms with Crippen LogP contribution in [0.25, 0.3) is 0 Å². The zero-order chi connectivity index (χ0) is 59.2. The average Bonchev–Trinajstić information content (AvgIpc) is 3.96. The predicted octanol–water partition coefficient (Wildman–Crippen LogP) is -8.43. The second-order valence-electron chi connectivity index (χ2n) is 18.6. The number of likely N-dealkylation sites (tertiary alicyclic amines) is 1. The summed E-state index contributed by atoms with van der Waals surface area (Å²) >= 11 is 0. The molecule has 28 N–H and O–H groups in total. The Labute approximate surface area is 457 Å². The van der Waals surface area contributed by atoms with Gasteiger partial charge in [0.1, 0.15) is 41.9 Å². The van der Waals surface area contributed by atoms with Gasteiger partial charge < -0.3 is 109 Å². The molecule has 31 nitrogen and oxygen atoms in total. The number of carbonyl (C=O) groups is 10. The summed E-state index contributed by atoms with van der Waals surface area (Å²) in [7, 11) is 0. The molecular formula is C48H82N18O13. The van der Waals surface area contributed by atoms with Crippen molar-refractivity contribution in [2.45, 2.75) is 132 Å². The Bertz CT molecular complexity index is 2290. The first kappa shape index (κ1) is 67.7. The van der Waals surface area contributed by atoms with Gasteiger partial charge in [-0.25, -0.2) is 4.79 Å². The van der Waals surface area contributed by atoms with Crippen molar-refractivity contribution < 1.29 is 63.3 Å². The van der Waals surface area contributed by atoms with Crippen molar-refractivity contribution in [1.82, 2.24) is 42.1 Å². The number of rotatable bonds is 37. The first-order valence-electron chi connectivity index (χ1n) is 25.9. The molecule has 1 heterocycles. The maximum atomic E-state index is 14.3. The summed E-state index contributed by atoms with van der Waals surface area (Å²) in [5.74, 6) is -9.90. The van der Waals surface area contributed by atoms with E-state index in [0.717, 1.165) is 0 Å². The Morgan fingerprint density at radius 3 is 1.90 bits per heavy atom. The number of hydrogen-bond donors (Lipinski definition) is 19.